The van der Waals surface area contributed by atoms with Crippen LogP contribution in [-0.2, 0) is 0 Å². The summed E-state index contributed by atoms with van der Waals surface area (Å²) in [7, 11) is 0. The average Bonchev–Trinajstić information content (AvgIpc) is 1.37. The van der Waals surface area contributed by atoms with E-state index in [1.807, 2.05) is 0 Å². The fourth-order valence-corrected chi connectivity index (χ4v) is 0. The van der Waals surface area contributed by atoms with E-state index in [1.165, 1.54) is 12.8 Å². The summed E-state index contributed by atoms with van der Waals surface area (Å²) >= 11 is 0. The summed E-state index contributed by atoms with van der Waals surface area (Å²) < 4.78 is 0. The second kappa shape index (κ2) is 42.6. The SMILES string of the molecule is CCCC.Cl.Cl.Cl.[SiH4]. The molecule has 0 aromatic rings. The van der Waals surface area contributed by atoms with E-state index in [4.69, 9.17) is 0 Å². The highest BCUT2D eigenvalue weighted by Crippen LogP contribution is 1.76. The van der Waals surface area contributed by atoms with E-state index in [1.54, 1.807) is 0 Å². The Balaban J connectivity index is -0.00000000750. The van der Waals surface area contributed by atoms with Gasteiger partial charge in [0.2, 0.25) is 0 Å². The summed E-state index contributed by atoms with van der Waals surface area (Å²) in [4.78, 5) is 0. The minimum atomic E-state index is 0. The van der Waals surface area contributed by atoms with Crippen LogP contribution in [0.4, 0.5) is 0 Å². The van der Waals surface area contributed by atoms with Crippen LogP contribution in [-0.4, -0.2) is 11.0 Å². The molecule has 0 unspecified atom stereocenters. The third-order valence-electron chi connectivity index (χ3n) is 0.500. The minimum absolute atomic E-state index is 0. The van der Waals surface area contributed by atoms with Gasteiger partial charge in [-0.2, -0.15) is 0 Å². The fraction of sp³-hybridized carbons (Fsp3) is 1.00. The van der Waals surface area contributed by atoms with Crippen molar-refractivity contribution in [2.45, 2.75) is 26.7 Å². The van der Waals surface area contributed by atoms with Crippen LogP contribution < -0.4 is 0 Å². The Morgan fingerprint density at radius 2 is 0.875 bits per heavy atom. The van der Waals surface area contributed by atoms with Gasteiger partial charge in [0, 0.05) is 0 Å². The molecule has 0 aromatic carbocycles. The molecule has 0 nitrogen and oxygen atoms in total. The lowest BCUT2D eigenvalue weighted by molar-refractivity contribution is 0.886. The first-order valence-corrected chi connectivity index (χ1v) is 1.91. The van der Waals surface area contributed by atoms with Gasteiger partial charge in [-0.1, -0.05) is 26.7 Å². The Kier molecular flexibility index (Phi) is 190. The molecule has 0 bridgehead atoms. The standard InChI is InChI=1S/C4H10.3ClH.H4Si/c1-3-4-2;;;;/h3-4H2,1-2H3;3*1H;1H4. The van der Waals surface area contributed by atoms with E-state index in [-0.39, 0.29) is 48.2 Å². The van der Waals surface area contributed by atoms with Gasteiger partial charge < -0.3 is 0 Å². The molecule has 4 heteroatoms. The molecule has 0 aliphatic rings. The molecule has 0 heterocycles. The van der Waals surface area contributed by atoms with Crippen molar-refractivity contribution < 1.29 is 0 Å². The molecule has 0 aliphatic heterocycles. The van der Waals surface area contributed by atoms with Crippen molar-refractivity contribution in [2.24, 2.45) is 0 Å². The first-order chi connectivity index (χ1) is 1.91. The maximum atomic E-state index is 2.18. The molecule has 0 saturated heterocycles. The van der Waals surface area contributed by atoms with E-state index >= 15 is 0 Å². The number of hydrogen-bond acceptors (Lipinski definition) is 0. The molecule has 0 rings (SSSR count). The van der Waals surface area contributed by atoms with Crippen molar-refractivity contribution in [3.63, 3.8) is 0 Å². The third-order valence-corrected chi connectivity index (χ3v) is 0.500. The van der Waals surface area contributed by atoms with E-state index in [0.29, 0.717) is 0 Å². The molecule has 0 aliphatic carbocycles. The van der Waals surface area contributed by atoms with Crippen LogP contribution in [0.3, 0.4) is 0 Å². The first-order valence-electron chi connectivity index (χ1n) is 1.91. The number of hydrogen-bond donors (Lipinski definition) is 0. The lowest BCUT2D eigenvalue weighted by Gasteiger charge is -1.68. The van der Waals surface area contributed by atoms with Crippen molar-refractivity contribution in [1.82, 2.24) is 0 Å². The molecule has 0 saturated carbocycles. The Morgan fingerprint density at radius 1 is 0.750 bits per heavy atom. The topological polar surface area (TPSA) is 0 Å². The maximum absolute atomic E-state index is 2.18. The predicted octanol–water partition coefficient (Wildman–Crippen LogP) is 1.62. The maximum Gasteiger partial charge on any atom is -0.0149 e. The van der Waals surface area contributed by atoms with Crippen LogP contribution >= 0.6 is 37.2 Å². The minimum Gasteiger partial charge on any atom is -0.147 e. The number of unbranched alkanes of at least 4 members (excludes halogenated alkanes) is 1. The van der Waals surface area contributed by atoms with Crippen LogP contribution in [0, 0.1) is 0 Å². The van der Waals surface area contributed by atoms with Crippen molar-refractivity contribution in [2.75, 3.05) is 0 Å². The highest BCUT2D eigenvalue weighted by molar-refractivity contribution is 5.86. The lowest BCUT2D eigenvalue weighted by atomic mass is 10.4. The van der Waals surface area contributed by atoms with E-state index in [0.717, 1.165) is 0 Å². The zero-order valence-corrected chi connectivity index (χ0v) is 7.09. The second-order valence-electron chi connectivity index (χ2n) is 1.000. The highest BCUT2D eigenvalue weighted by atomic mass is 35.5. The van der Waals surface area contributed by atoms with Gasteiger partial charge in [0.15, 0.2) is 0 Å². The summed E-state index contributed by atoms with van der Waals surface area (Å²) in [6.07, 6.45) is 2.64. The molecule has 0 aromatic heterocycles. The van der Waals surface area contributed by atoms with Gasteiger partial charge in [-0.25, -0.2) is 0 Å². The Morgan fingerprint density at radius 3 is 0.875 bits per heavy atom. The van der Waals surface area contributed by atoms with E-state index < -0.39 is 0 Å². The lowest BCUT2D eigenvalue weighted by Crippen LogP contribution is -1.47. The molecule has 0 fully saturated rings. The number of rotatable bonds is 1. The summed E-state index contributed by atoms with van der Waals surface area (Å²) in [5.41, 5.74) is 0. The summed E-state index contributed by atoms with van der Waals surface area (Å²) in [5, 5.41) is 0. The molecule has 58 valence electrons. The van der Waals surface area contributed by atoms with Gasteiger partial charge in [-0.05, 0) is 11.0 Å². The van der Waals surface area contributed by atoms with Gasteiger partial charge in [-0.3, -0.25) is 0 Å². The average molecular weight is 200 g/mol. The van der Waals surface area contributed by atoms with Crippen LogP contribution in [0.5, 0.6) is 0 Å². The summed E-state index contributed by atoms with van der Waals surface area (Å²) in [5.74, 6) is 0. The van der Waals surface area contributed by atoms with Crippen molar-refractivity contribution in [3.8, 4) is 0 Å². The van der Waals surface area contributed by atoms with E-state index in [9.17, 15) is 0 Å². The number of halogens is 3. The van der Waals surface area contributed by atoms with Crippen molar-refractivity contribution >= 4 is 48.2 Å². The van der Waals surface area contributed by atoms with Gasteiger partial charge in [0.05, 0.1) is 0 Å². The van der Waals surface area contributed by atoms with Crippen LogP contribution in [0.1, 0.15) is 26.7 Å². The third kappa shape index (κ3) is 60.3. The fourth-order valence-electron chi connectivity index (χ4n) is 0. The predicted molar refractivity (Wildman–Crippen MR) is 53.7 cm³/mol. The van der Waals surface area contributed by atoms with Gasteiger partial charge in [-0.15, -0.1) is 37.2 Å². The van der Waals surface area contributed by atoms with E-state index in [2.05, 4.69) is 13.8 Å². The second-order valence-corrected chi connectivity index (χ2v) is 1.000. The van der Waals surface area contributed by atoms with Crippen LogP contribution in [0.2, 0.25) is 0 Å². The van der Waals surface area contributed by atoms with Gasteiger partial charge in [0.25, 0.3) is 0 Å². The van der Waals surface area contributed by atoms with Crippen molar-refractivity contribution in [3.05, 3.63) is 0 Å². The van der Waals surface area contributed by atoms with Gasteiger partial charge in [0.1, 0.15) is 0 Å². The molecular formula is C4H17Cl3Si. The summed E-state index contributed by atoms with van der Waals surface area (Å²) in [6, 6.07) is 0. The monoisotopic (exact) mass is 198 g/mol. The molecule has 0 radical (unpaired) electrons. The summed E-state index contributed by atoms with van der Waals surface area (Å²) in [6.45, 7) is 4.36. The Hall–Kier alpha value is 1.09. The smallest absolute Gasteiger partial charge is 0.0149 e. The molecule has 0 atom stereocenters. The molecule has 0 spiro atoms. The first kappa shape index (κ1) is 35.6. The highest BCUT2D eigenvalue weighted by Gasteiger charge is 1.56. The Labute approximate surface area is 75.1 Å². The van der Waals surface area contributed by atoms with Crippen molar-refractivity contribution in [1.29, 1.82) is 0 Å². The molecule has 0 amide bonds. The van der Waals surface area contributed by atoms with Crippen LogP contribution in [0.15, 0.2) is 0 Å². The zero-order valence-electron chi connectivity index (χ0n) is 4.64. The molecule has 8 heavy (non-hydrogen) atoms. The van der Waals surface area contributed by atoms with Crippen LogP contribution in [0.25, 0.3) is 0 Å². The molecular weight excluding hydrogens is 182 g/mol. The largest absolute Gasteiger partial charge is 0.147 e. The quantitative estimate of drug-likeness (QED) is 0.563. The normalized spacial score (nSPS) is 3.75. The van der Waals surface area contributed by atoms with Gasteiger partial charge >= 0.3 is 0 Å². The Bertz CT molecular complexity index is 13.2. The molecule has 0 N–H and O–H groups in total. The zero-order chi connectivity index (χ0) is 3.41.